The van der Waals surface area contributed by atoms with Crippen molar-refractivity contribution in [2.24, 2.45) is 10.9 Å². The van der Waals surface area contributed by atoms with Crippen LogP contribution in [0.1, 0.15) is 34.1 Å². The molecule has 1 heteroatoms. The molecular weight excluding hydrogens is 122 g/mol. The van der Waals surface area contributed by atoms with Gasteiger partial charge in [-0.3, -0.25) is 4.99 Å². The van der Waals surface area contributed by atoms with E-state index in [1.807, 2.05) is 20.1 Å². The zero-order valence-electron chi connectivity index (χ0n) is 7.39. The zero-order valence-corrected chi connectivity index (χ0v) is 7.39. The minimum atomic E-state index is 0.598. The van der Waals surface area contributed by atoms with Crippen LogP contribution in [0.3, 0.4) is 0 Å². The monoisotopic (exact) mass is 139 g/mol. The summed E-state index contributed by atoms with van der Waals surface area (Å²) in [6.45, 7) is 8.36. The largest absolute Gasteiger partial charge is 0.266 e. The van der Waals surface area contributed by atoms with E-state index in [-0.39, 0.29) is 0 Å². The highest BCUT2D eigenvalue weighted by atomic mass is 14.7. The highest BCUT2D eigenvalue weighted by molar-refractivity contribution is 5.55. The molecule has 0 N–H and O–H groups in total. The molecule has 58 valence electrons. The summed E-state index contributed by atoms with van der Waals surface area (Å²) in [5.74, 6) is 0.598. The molecule has 1 unspecified atom stereocenters. The van der Waals surface area contributed by atoms with Crippen LogP contribution in [0, 0.1) is 5.92 Å². The van der Waals surface area contributed by atoms with Gasteiger partial charge in [0.05, 0.1) is 0 Å². The maximum absolute atomic E-state index is 4.25. The summed E-state index contributed by atoms with van der Waals surface area (Å²) >= 11 is 0. The fourth-order valence-electron chi connectivity index (χ4n) is 0.845. The molecule has 0 spiro atoms. The van der Waals surface area contributed by atoms with Gasteiger partial charge in [0.1, 0.15) is 0 Å². The normalized spacial score (nSPS) is 16.2. The molecule has 0 saturated carbocycles. The first kappa shape index (κ1) is 9.41. The van der Waals surface area contributed by atoms with Crippen LogP contribution >= 0.6 is 0 Å². The summed E-state index contributed by atoms with van der Waals surface area (Å²) in [5.41, 5.74) is 1.20. The van der Waals surface area contributed by atoms with Gasteiger partial charge in [-0.15, -0.1) is 0 Å². The van der Waals surface area contributed by atoms with E-state index in [1.54, 1.807) is 0 Å². The number of hydrogen-bond acceptors (Lipinski definition) is 1. The van der Waals surface area contributed by atoms with Crippen molar-refractivity contribution in [2.45, 2.75) is 34.1 Å². The smallest absolute Gasteiger partial charge is 0.0385 e. The third-order valence-corrected chi connectivity index (χ3v) is 1.69. The Labute approximate surface area is 63.9 Å². The van der Waals surface area contributed by atoms with Crippen molar-refractivity contribution in [1.29, 1.82) is 0 Å². The molecule has 0 rings (SSSR count). The Morgan fingerprint density at radius 3 is 2.40 bits per heavy atom. The Balaban J connectivity index is 4.08. The fraction of sp³-hybridized carbons (Fsp3) is 0.667. The van der Waals surface area contributed by atoms with E-state index in [1.165, 1.54) is 5.70 Å². The molecule has 0 amide bonds. The molecule has 1 atom stereocenters. The van der Waals surface area contributed by atoms with E-state index in [9.17, 15) is 0 Å². The number of rotatable bonds is 3. The fourth-order valence-corrected chi connectivity index (χ4v) is 0.845. The molecule has 0 heterocycles. The first-order valence-electron chi connectivity index (χ1n) is 3.91. The summed E-state index contributed by atoms with van der Waals surface area (Å²) in [5, 5.41) is 0. The van der Waals surface area contributed by atoms with E-state index >= 15 is 0 Å². The second-order valence-electron chi connectivity index (χ2n) is 2.41. The lowest BCUT2D eigenvalue weighted by molar-refractivity contribution is 0.648. The van der Waals surface area contributed by atoms with Gasteiger partial charge in [0, 0.05) is 11.9 Å². The summed E-state index contributed by atoms with van der Waals surface area (Å²) in [6.07, 6.45) is 5.09. The lowest BCUT2D eigenvalue weighted by Gasteiger charge is -2.07. The van der Waals surface area contributed by atoms with Gasteiger partial charge in [-0.2, -0.15) is 0 Å². The first-order chi connectivity index (χ1) is 4.76. The maximum atomic E-state index is 4.25. The minimum Gasteiger partial charge on any atom is -0.266 e. The predicted molar refractivity (Wildman–Crippen MR) is 47.4 cm³/mol. The van der Waals surface area contributed by atoms with E-state index in [0.29, 0.717) is 5.92 Å². The minimum absolute atomic E-state index is 0.598. The number of hydrogen-bond donors (Lipinski definition) is 0. The van der Waals surface area contributed by atoms with E-state index < -0.39 is 0 Å². The van der Waals surface area contributed by atoms with Crippen molar-refractivity contribution in [3.05, 3.63) is 11.8 Å². The zero-order chi connectivity index (χ0) is 7.98. The lowest BCUT2D eigenvalue weighted by atomic mass is 10.1. The van der Waals surface area contributed by atoms with Crippen molar-refractivity contribution in [1.82, 2.24) is 0 Å². The molecule has 0 aliphatic carbocycles. The van der Waals surface area contributed by atoms with Crippen LogP contribution < -0.4 is 0 Å². The first-order valence-corrected chi connectivity index (χ1v) is 3.91. The molecule has 0 aliphatic heterocycles. The van der Waals surface area contributed by atoms with Crippen LogP contribution in [-0.4, -0.2) is 6.21 Å². The maximum Gasteiger partial charge on any atom is 0.0385 e. The van der Waals surface area contributed by atoms with Gasteiger partial charge in [0.15, 0.2) is 0 Å². The number of nitrogens with zero attached hydrogens (tertiary/aromatic N) is 1. The summed E-state index contributed by atoms with van der Waals surface area (Å²) in [7, 11) is 0. The van der Waals surface area contributed by atoms with Gasteiger partial charge >= 0.3 is 0 Å². The van der Waals surface area contributed by atoms with Crippen molar-refractivity contribution >= 4 is 6.21 Å². The second-order valence-corrected chi connectivity index (χ2v) is 2.41. The average molecular weight is 139 g/mol. The molecule has 0 bridgehead atoms. The van der Waals surface area contributed by atoms with E-state index in [4.69, 9.17) is 0 Å². The van der Waals surface area contributed by atoms with Crippen LogP contribution in [0.5, 0.6) is 0 Å². The van der Waals surface area contributed by atoms with Crippen LogP contribution in [0.2, 0.25) is 0 Å². The topological polar surface area (TPSA) is 12.4 Å². The highest BCUT2D eigenvalue weighted by Crippen LogP contribution is 2.14. The van der Waals surface area contributed by atoms with Crippen LogP contribution in [0.15, 0.2) is 16.8 Å². The van der Waals surface area contributed by atoms with Gasteiger partial charge in [-0.1, -0.05) is 19.9 Å². The van der Waals surface area contributed by atoms with Gasteiger partial charge in [-0.25, -0.2) is 0 Å². The Morgan fingerprint density at radius 1 is 1.50 bits per heavy atom. The highest BCUT2D eigenvalue weighted by Gasteiger charge is 2.01. The third kappa shape index (κ3) is 2.81. The van der Waals surface area contributed by atoms with E-state index in [0.717, 1.165) is 6.42 Å². The summed E-state index contributed by atoms with van der Waals surface area (Å²) < 4.78 is 0. The standard InChI is InChI=1S/C9H17N/c1-5-8(4)9(6-2)10-7-3/h6-8H,5H2,1-4H3/b9-6-,10-7?. The number of allylic oxidation sites excluding steroid dienone is 2. The van der Waals surface area contributed by atoms with Crippen molar-refractivity contribution < 1.29 is 0 Å². The molecule has 0 aromatic carbocycles. The second kappa shape index (κ2) is 5.21. The van der Waals surface area contributed by atoms with Crippen molar-refractivity contribution in [3.8, 4) is 0 Å². The van der Waals surface area contributed by atoms with Crippen molar-refractivity contribution in [3.63, 3.8) is 0 Å². The Hall–Kier alpha value is -0.590. The Morgan fingerprint density at radius 2 is 2.10 bits per heavy atom. The van der Waals surface area contributed by atoms with Gasteiger partial charge < -0.3 is 0 Å². The molecule has 0 aliphatic rings. The molecule has 0 aromatic heterocycles. The quantitative estimate of drug-likeness (QED) is 0.533. The van der Waals surface area contributed by atoms with Crippen molar-refractivity contribution in [2.75, 3.05) is 0 Å². The molecular formula is C9H17N. The lowest BCUT2D eigenvalue weighted by Crippen LogP contribution is -1.94. The predicted octanol–water partition coefficient (Wildman–Crippen LogP) is 3.03. The molecule has 0 aromatic rings. The molecule has 0 fully saturated rings. The van der Waals surface area contributed by atoms with Crippen LogP contribution in [0.25, 0.3) is 0 Å². The van der Waals surface area contributed by atoms with Crippen LogP contribution in [-0.2, 0) is 0 Å². The summed E-state index contributed by atoms with van der Waals surface area (Å²) in [6, 6.07) is 0. The molecule has 10 heavy (non-hydrogen) atoms. The molecule has 1 nitrogen and oxygen atoms in total. The molecule has 0 saturated heterocycles. The summed E-state index contributed by atoms with van der Waals surface area (Å²) in [4.78, 5) is 4.25. The van der Waals surface area contributed by atoms with E-state index in [2.05, 4.69) is 24.9 Å². The number of aliphatic imine (C=N–C) groups is 1. The third-order valence-electron chi connectivity index (χ3n) is 1.69. The Kier molecular flexibility index (Phi) is 4.91. The SMILES string of the molecule is CC=N/C(=C\C)C(C)CC. The molecule has 0 radical (unpaired) electrons. The Bertz CT molecular complexity index is 134. The average Bonchev–Trinajstić information content (AvgIpc) is 1.99. The van der Waals surface area contributed by atoms with Gasteiger partial charge in [0.2, 0.25) is 0 Å². The van der Waals surface area contributed by atoms with Crippen LogP contribution in [0.4, 0.5) is 0 Å². The van der Waals surface area contributed by atoms with Gasteiger partial charge in [-0.05, 0) is 26.2 Å². The van der Waals surface area contributed by atoms with Gasteiger partial charge in [0.25, 0.3) is 0 Å².